The molecular formula is C18H17BrO4. The van der Waals surface area contributed by atoms with E-state index in [4.69, 9.17) is 14.2 Å². The Morgan fingerprint density at radius 3 is 2.22 bits per heavy atom. The van der Waals surface area contributed by atoms with Crippen LogP contribution in [0.25, 0.3) is 12.2 Å². The Morgan fingerprint density at radius 1 is 1.00 bits per heavy atom. The third-order valence-corrected chi connectivity index (χ3v) is 4.12. The van der Waals surface area contributed by atoms with Crippen LogP contribution in [-0.2, 0) is 4.74 Å². The smallest absolute Gasteiger partial charge is 0.342 e. The first kappa shape index (κ1) is 17.1. The van der Waals surface area contributed by atoms with Gasteiger partial charge < -0.3 is 14.2 Å². The molecule has 0 bridgehead atoms. The van der Waals surface area contributed by atoms with E-state index in [1.165, 1.54) is 14.2 Å². The van der Waals surface area contributed by atoms with E-state index >= 15 is 0 Å². The highest BCUT2D eigenvalue weighted by molar-refractivity contribution is 9.10. The van der Waals surface area contributed by atoms with Gasteiger partial charge in [-0.25, -0.2) is 4.79 Å². The van der Waals surface area contributed by atoms with Gasteiger partial charge in [0.05, 0.1) is 25.8 Å². The molecule has 0 fully saturated rings. The quantitative estimate of drug-likeness (QED) is 0.572. The lowest BCUT2D eigenvalue weighted by molar-refractivity contribution is 0.0596. The van der Waals surface area contributed by atoms with Crippen LogP contribution in [0.1, 0.15) is 21.5 Å². The number of methoxy groups -OCH3 is 3. The molecule has 5 heteroatoms. The van der Waals surface area contributed by atoms with E-state index in [9.17, 15) is 4.79 Å². The summed E-state index contributed by atoms with van der Waals surface area (Å²) in [6.07, 6.45) is 3.74. The summed E-state index contributed by atoms with van der Waals surface area (Å²) in [4.78, 5) is 12.2. The van der Waals surface area contributed by atoms with Gasteiger partial charge in [-0.05, 0) is 21.5 Å². The number of ether oxygens (including phenoxy) is 3. The molecule has 0 aliphatic carbocycles. The molecule has 0 saturated carbocycles. The maximum Gasteiger partial charge on any atom is 0.342 e. The highest BCUT2D eigenvalue weighted by atomic mass is 79.9. The molecule has 2 aromatic rings. The van der Waals surface area contributed by atoms with Crippen LogP contribution in [0.5, 0.6) is 11.5 Å². The Bertz CT molecular complexity index is 724. The van der Waals surface area contributed by atoms with Crippen molar-refractivity contribution >= 4 is 34.1 Å². The van der Waals surface area contributed by atoms with Crippen molar-refractivity contribution in [3.05, 3.63) is 57.6 Å². The van der Waals surface area contributed by atoms with E-state index in [-0.39, 0.29) is 0 Å². The van der Waals surface area contributed by atoms with Crippen molar-refractivity contribution in [3.63, 3.8) is 0 Å². The molecule has 120 valence electrons. The SMILES string of the molecule is COC(=O)c1c(OC)cc(OC)c(Br)c1C=Cc1ccccc1. The topological polar surface area (TPSA) is 44.8 Å². The van der Waals surface area contributed by atoms with Crippen molar-refractivity contribution < 1.29 is 19.0 Å². The molecule has 0 aliphatic rings. The van der Waals surface area contributed by atoms with Crippen molar-refractivity contribution in [1.29, 1.82) is 0 Å². The van der Waals surface area contributed by atoms with Gasteiger partial charge in [-0.1, -0.05) is 42.5 Å². The maximum absolute atomic E-state index is 12.2. The third-order valence-electron chi connectivity index (χ3n) is 3.30. The van der Waals surface area contributed by atoms with Gasteiger partial charge in [-0.15, -0.1) is 0 Å². The number of benzene rings is 2. The summed E-state index contributed by atoms with van der Waals surface area (Å²) >= 11 is 3.49. The van der Waals surface area contributed by atoms with E-state index in [0.717, 1.165) is 5.56 Å². The summed E-state index contributed by atoms with van der Waals surface area (Å²) in [5, 5.41) is 0. The molecule has 0 heterocycles. The third kappa shape index (κ3) is 3.74. The van der Waals surface area contributed by atoms with E-state index in [2.05, 4.69) is 15.9 Å². The average Bonchev–Trinajstić information content (AvgIpc) is 2.60. The first-order valence-electron chi connectivity index (χ1n) is 6.88. The average molecular weight is 377 g/mol. The van der Waals surface area contributed by atoms with Crippen molar-refractivity contribution in [3.8, 4) is 11.5 Å². The Labute approximate surface area is 143 Å². The van der Waals surface area contributed by atoms with Crippen molar-refractivity contribution in [2.75, 3.05) is 21.3 Å². The van der Waals surface area contributed by atoms with Gasteiger partial charge in [-0.2, -0.15) is 0 Å². The fourth-order valence-corrected chi connectivity index (χ4v) is 2.76. The van der Waals surface area contributed by atoms with Gasteiger partial charge in [0, 0.05) is 11.6 Å². The molecule has 23 heavy (non-hydrogen) atoms. The number of carbonyl (C=O) groups excluding carboxylic acids is 1. The molecule has 2 rings (SSSR count). The molecule has 0 aliphatic heterocycles. The number of carbonyl (C=O) groups is 1. The molecule has 2 aromatic carbocycles. The molecule has 0 atom stereocenters. The van der Waals surface area contributed by atoms with Crippen LogP contribution in [0.4, 0.5) is 0 Å². The maximum atomic E-state index is 12.2. The van der Waals surface area contributed by atoms with Crippen molar-refractivity contribution in [2.24, 2.45) is 0 Å². The van der Waals surface area contributed by atoms with Gasteiger partial charge in [0.15, 0.2) is 0 Å². The lowest BCUT2D eigenvalue weighted by atomic mass is 10.0. The summed E-state index contributed by atoms with van der Waals surface area (Å²) in [7, 11) is 4.40. The second kappa shape index (κ2) is 7.83. The minimum atomic E-state index is -0.474. The zero-order valence-electron chi connectivity index (χ0n) is 13.1. The first-order valence-corrected chi connectivity index (χ1v) is 7.67. The molecule has 0 radical (unpaired) electrons. The minimum absolute atomic E-state index is 0.342. The Balaban J connectivity index is 2.63. The van der Waals surface area contributed by atoms with Crippen LogP contribution in [0.2, 0.25) is 0 Å². The highest BCUT2D eigenvalue weighted by Crippen LogP contribution is 2.39. The Morgan fingerprint density at radius 2 is 1.65 bits per heavy atom. The Kier molecular flexibility index (Phi) is 5.82. The van der Waals surface area contributed by atoms with E-state index in [1.807, 2.05) is 42.5 Å². The standard InChI is InChI=1S/C18H17BrO4/c1-21-14-11-15(22-2)17(19)13(16(14)18(20)23-3)10-9-12-7-5-4-6-8-12/h4-11H,1-3H3. The second-order valence-electron chi connectivity index (χ2n) is 4.62. The van der Waals surface area contributed by atoms with Gasteiger partial charge >= 0.3 is 5.97 Å². The second-order valence-corrected chi connectivity index (χ2v) is 5.41. The van der Waals surface area contributed by atoms with Crippen LogP contribution < -0.4 is 9.47 Å². The van der Waals surface area contributed by atoms with Gasteiger partial charge in [0.25, 0.3) is 0 Å². The molecule has 0 amide bonds. The summed E-state index contributed by atoms with van der Waals surface area (Å²) in [6, 6.07) is 11.4. The fraction of sp³-hybridized carbons (Fsp3) is 0.167. The largest absolute Gasteiger partial charge is 0.496 e. The number of halogens is 1. The predicted octanol–water partition coefficient (Wildman–Crippen LogP) is 4.42. The van der Waals surface area contributed by atoms with Crippen LogP contribution in [0, 0.1) is 0 Å². The van der Waals surface area contributed by atoms with Crippen LogP contribution in [0.3, 0.4) is 0 Å². The van der Waals surface area contributed by atoms with E-state index < -0.39 is 5.97 Å². The Hall–Kier alpha value is -2.27. The molecule has 0 aromatic heterocycles. The number of hydrogen-bond donors (Lipinski definition) is 0. The van der Waals surface area contributed by atoms with E-state index in [0.29, 0.717) is 27.1 Å². The van der Waals surface area contributed by atoms with Crippen molar-refractivity contribution in [1.82, 2.24) is 0 Å². The number of hydrogen-bond acceptors (Lipinski definition) is 4. The predicted molar refractivity (Wildman–Crippen MR) is 94.0 cm³/mol. The molecule has 4 nitrogen and oxygen atoms in total. The lowest BCUT2D eigenvalue weighted by Crippen LogP contribution is -2.08. The molecule has 0 saturated heterocycles. The first-order chi connectivity index (χ1) is 11.1. The zero-order chi connectivity index (χ0) is 16.8. The fourth-order valence-electron chi connectivity index (χ4n) is 2.15. The summed E-state index contributed by atoms with van der Waals surface area (Å²) in [6.45, 7) is 0. The normalized spacial score (nSPS) is 10.6. The summed E-state index contributed by atoms with van der Waals surface area (Å²) < 4.78 is 16.2. The highest BCUT2D eigenvalue weighted by Gasteiger charge is 2.22. The monoisotopic (exact) mass is 376 g/mol. The number of esters is 1. The lowest BCUT2D eigenvalue weighted by Gasteiger charge is -2.15. The minimum Gasteiger partial charge on any atom is -0.496 e. The van der Waals surface area contributed by atoms with Crippen LogP contribution in [0.15, 0.2) is 40.9 Å². The summed E-state index contributed by atoms with van der Waals surface area (Å²) in [5.41, 5.74) is 1.99. The van der Waals surface area contributed by atoms with Crippen molar-refractivity contribution in [2.45, 2.75) is 0 Å². The number of rotatable bonds is 5. The van der Waals surface area contributed by atoms with Crippen LogP contribution in [-0.4, -0.2) is 27.3 Å². The molecule has 0 unspecified atom stereocenters. The van der Waals surface area contributed by atoms with Gasteiger partial charge in [0.2, 0.25) is 0 Å². The molecular weight excluding hydrogens is 360 g/mol. The van der Waals surface area contributed by atoms with Gasteiger partial charge in [0.1, 0.15) is 17.1 Å². The zero-order valence-corrected chi connectivity index (χ0v) is 14.7. The van der Waals surface area contributed by atoms with Gasteiger partial charge in [-0.3, -0.25) is 0 Å². The van der Waals surface area contributed by atoms with Crippen LogP contribution >= 0.6 is 15.9 Å². The molecule has 0 spiro atoms. The summed E-state index contributed by atoms with van der Waals surface area (Å²) in [5.74, 6) is 0.491. The van der Waals surface area contributed by atoms with E-state index in [1.54, 1.807) is 13.2 Å². The molecule has 0 N–H and O–H groups in total.